The summed E-state index contributed by atoms with van der Waals surface area (Å²) in [6, 6.07) is 0. The van der Waals surface area contributed by atoms with Gasteiger partial charge < -0.3 is 0 Å². The molecule has 0 aliphatic heterocycles. The highest BCUT2D eigenvalue weighted by atomic mass is 31.1. The molecule has 34 heavy (non-hydrogen) atoms. The molecule has 4 aliphatic carbocycles. The van der Waals surface area contributed by atoms with Crippen molar-refractivity contribution in [1.29, 1.82) is 0 Å². The first-order valence-electron chi connectivity index (χ1n) is 15.4. The molecule has 0 bridgehead atoms. The number of nitrogens with zero attached hydrogens (tertiary/aromatic N) is 2. The summed E-state index contributed by atoms with van der Waals surface area (Å²) in [6.45, 7) is 1.83. The first kappa shape index (κ1) is 27.2. The van der Waals surface area contributed by atoms with E-state index in [9.17, 15) is 0 Å². The summed E-state index contributed by atoms with van der Waals surface area (Å²) in [5.41, 5.74) is 4.20. The molecule has 0 spiro atoms. The minimum atomic E-state index is 0.166. The largest absolute Gasteiger partial charge is 0.295 e. The maximum atomic E-state index is 4.88. The first-order valence-corrected chi connectivity index (χ1v) is 18.7. The third kappa shape index (κ3) is 8.94. The Kier molecular flexibility index (Phi) is 12.9. The van der Waals surface area contributed by atoms with Gasteiger partial charge in [0, 0.05) is 24.8 Å². The van der Waals surface area contributed by atoms with Crippen molar-refractivity contribution < 1.29 is 0 Å². The van der Waals surface area contributed by atoms with Crippen molar-refractivity contribution in [3.8, 4) is 0 Å². The van der Waals surface area contributed by atoms with Gasteiger partial charge in [-0.1, -0.05) is 92.9 Å². The molecule has 0 aromatic heterocycles. The van der Waals surface area contributed by atoms with Crippen LogP contribution in [0.3, 0.4) is 0 Å². The van der Waals surface area contributed by atoms with Crippen LogP contribution in [0.25, 0.3) is 0 Å². The Labute approximate surface area is 214 Å². The zero-order valence-electron chi connectivity index (χ0n) is 22.2. The van der Waals surface area contributed by atoms with Crippen molar-refractivity contribution in [1.82, 2.24) is 0 Å². The minimum absolute atomic E-state index is 0.166. The Balaban J connectivity index is 1.20. The van der Waals surface area contributed by atoms with Crippen molar-refractivity contribution in [3.63, 3.8) is 0 Å². The Morgan fingerprint density at radius 3 is 0.941 bits per heavy atom. The highest BCUT2D eigenvalue weighted by Crippen LogP contribution is 2.56. The number of hydrogen-bond donors (Lipinski definition) is 0. The second-order valence-electron chi connectivity index (χ2n) is 11.7. The first-order chi connectivity index (χ1) is 16.9. The monoisotopic (exact) mass is 504 g/mol. The molecule has 0 heterocycles. The lowest BCUT2D eigenvalue weighted by molar-refractivity contribution is 0.485. The molecule has 0 radical (unpaired) electrons. The molecule has 0 atom stereocenters. The Hall–Kier alpha value is 0.200. The second-order valence-corrected chi connectivity index (χ2v) is 17.4. The lowest BCUT2D eigenvalue weighted by atomic mass is 9.99. The molecule has 4 heteroatoms. The van der Waals surface area contributed by atoms with Crippen LogP contribution in [0.4, 0.5) is 0 Å². The van der Waals surface area contributed by atoms with E-state index in [1.165, 1.54) is 141 Å². The molecule has 4 aliphatic rings. The highest BCUT2D eigenvalue weighted by molar-refractivity contribution is 7.60. The van der Waals surface area contributed by atoms with Crippen LogP contribution in [0.5, 0.6) is 0 Å². The average molecular weight is 505 g/mol. The van der Waals surface area contributed by atoms with E-state index >= 15 is 0 Å². The molecule has 2 nitrogen and oxygen atoms in total. The summed E-state index contributed by atoms with van der Waals surface area (Å²) < 4.78 is 0. The van der Waals surface area contributed by atoms with Gasteiger partial charge in [0.2, 0.25) is 0 Å². The molecule has 0 aromatic carbocycles. The minimum Gasteiger partial charge on any atom is -0.295 e. The van der Waals surface area contributed by atoms with Gasteiger partial charge in [-0.25, -0.2) is 0 Å². The number of rotatable bonds is 11. The topological polar surface area (TPSA) is 24.7 Å². The van der Waals surface area contributed by atoms with Gasteiger partial charge in [-0.2, -0.15) is 0 Å². The lowest BCUT2D eigenvalue weighted by Gasteiger charge is -2.38. The van der Waals surface area contributed by atoms with Gasteiger partial charge in [0.1, 0.15) is 0 Å². The molecule has 4 rings (SSSR count). The summed E-state index contributed by atoms with van der Waals surface area (Å²) in [4.78, 5) is 9.76. The lowest BCUT2D eigenvalue weighted by Crippen LogP contribution is -2.22. The van der Waals surface area contributed by atoms with Gasteiger partial charge in [-0.05, 0) is 74.0 Å². The predicted molar refractivity (Wildman–Crippen MR) is 158 cm³/mol. The fourth-order valence-corrected chi connectivity index (χ4v) is 14.6. The van der Waals surface area contributed by atoms with E-state index in [4.69, 9.17) is 9.98 Å². The Morgan fingerprint density at radius 1 is 0.412 bits per heavy atom. The standard InChI is InChI=1S/C30H54N2P2/c1-5-13-27(14-6-1)33(28-15-7-2-8-16-28)25-23-31-21-22-32-24-26-34(29-17-9-3-10-18-29)30-19-11-4-12-20-30/h23-24,27-30H,1-22,25-26H2/b31-23+,32-24+. The van der Waals surface area contributed by atoms with Gasteiger partial charge in [0.15, 0.2) is 0 Å². The van der Waals surface area contributed by atoms with Gasteiger partial charge in [0.05, 0.1) is 13.1 Å². The van der Waals surface area contributed by atoms with Gasteiger partial charge >= 0.3 is 0 Å². The third-order valence-corrected chi connectivity index (χ3v) is 16.4. The van der Waals surface area contributed by atoms with Gasteiger partial charge in [-0.15, -0.1) is 0 Å². The summed E-state index contributed by atoms with van der Waals surface area (Å²) >= 11 is 0. The van der Waals surface area contributed by atoms with E-state index in [2.05, 4.69) is 12.4 Å². The van der Waals surface area contributed by atoms with Crippen molar-refractivity contribution in [2.75, 3.05) is 25.4 Å². The van der Waals surface area contributed by atoms with Crippen LogP contribution < -0.4 is 0 Å². The molecule has 4 fully saturated rings. The summed E-state index contributed by atoms with van der Waals surface area (Å²) in [7, 11) is 0.333. The van der Waals surface area contributed by atoms with Crippen LogP contribution in [0.2, 0.25) is 0 Å². The summed E-state index contributed by atoms with van der Waals surface area (Å²) in [5.74, 6) is 0. The van der Waals surface area contributed by atoms with Crippen LogP contribution >= 0.6 is 15.8 Å². The van der Waals surface area contributed by atoms with E-state index in [0.29, 0.717) is 0 Å². The van der Waals surface area contributed by atoms with Crippen LogP contribution in [-0.2, 0) is 0 Å². The maximum absolute atomic E-state index is 4.88. The van der Waals surface area contributed by atoms with E-state index in [-0.39, 0.29) is 15.8 Å². The van der Waals surface area contributed by atoms with Crippen molar-refractivity contribution in [2.45, 2.75) is 151 Å². The zero-order valence-corrected chi connectivity index (χ0v) is 24.0. The summed E-state index contributed by atoms with van der Waals surface area (Å²) in [6.07, 6.45) is 37.4. The summed E-state index contributed by atoms with van der Waals surface area (Å²) in [5, 5.41) is 0. The van der Waals surface area contributed by atoms with E-state index < -0.39 is 0 Å². The molecule has 0 N–H and O–H groups in total. The third-order valence-electron chi connectivity index (χ3n) is 9.38. The van der Waals surface area contributed by atoms with Crippen LogP contribution in [0.15, 0.2) is 9.98 Å². The molecule has 194 valence electrons. The molecule has 4 saturated carbocycles. The van der Waals surface area contributed by atoms with Crippen LogP contribution in [0, 0.1) is 0 Å². The van der Waals surface area contributed by atoms with Gasteiger partial charge in [0.25, 0.3) is 0 Å². The molecule has 0 unspecified atom stereocenters. The average Bonchev–Trinajstić information content (AvgIpc) is 2.92. The van der Waals surface area contributed by atoms with Crippen LogP contribution in [-0.4, -0.2) is 60.5 Å². The highest BCUT2D eigenvalue weighted by Gasteiger charge is 2.31. The molecule has 0 amide bonds. The fraction of sp³-hybridized carbons (Fsp3) is 0.933. The van der Waals surface area contributed by atoms with E-state index in [0.717, 1.165) is 35.7 Å². The zero-order chi connectivity index (χ0) is 23.3. The Bertz CT molecular complexity index is 495. The second kappa shape index (κ2) is 16.1. The molecule has 0 aromatic rings. The van der Waals surface area contributed by atoms with Crippen molar-refractivity contribution in [3.05, 3.63) is 0 Å². The normalized spacial score (nSPS) is 25.4. The van der Waals surface area contributed by atoms with Gasteiger partial charge in [-0.3, -0.25) is 9.98 Å². The van der Waals surface area contributed by atoms with E-state index in [1.54, 1.807) is 0 Å². The smallest absolute Gasteiger partial charge is 0.0581 e. The van der Waals surface area contributed by atoms with E-state index in [1.807, 2.05) is 0 Å². The Morgan fingerprint density at radius 2 is 0.676 bits per heavy atom. The predicted octanol–water partition coefficient (Wildman–Crippen LogP) is 9.42. The van der Waals surface area contributed by atoms with Crippen molar-refractivity contribution >= 4 is 28.3 Å². The SMILES string of the molecule is C(/CP(C1CCCCC1)C1CCCCC1)=N\CC/N=C/CP(C1CCCCC1)C1CCCCC1. The molecule has 0 saturated heterocycles. The number of hydrogen-bond acceptors (Lipinski definition) is 2. The van der Waals surface area contributed by atoms with Crippen molar-refractivity contribution in [2.24, 2.45) is 9.98 Å². The van der Waals surface area contributed by atoms with Crippen LogP contribution in [0.1, 0.15) is 128 Å². The quantitative estimate of drug-likeness (QED) is 0.152. The molecular weight excluding hydrogens is 450 g/mol. The fourth-order valence-electron chi connectivity index (χ4n) is 7.45. The molecular formula is C30H54N2P2. The maximum Gasteiger partial charge on any atom is 0.0581 e. The number of aliphatic imine (C=N–C) groups is 2.